The number of halogens is 1. The first-order chi connectivity index (χ1) is 12.0. The number of anilines is 1. The maximum atomic E-state index is 12.1. The van der Waals surface area contributed by atoms with Crippen molar-refractivity contribution in [1.29, 1.82) is 0 Å². The SMILES string of the molecule is COc1ccc(CN(CCC(=O)Nc2cccc(Cl)c2)C(C)=O)cc1. The number of methoxy groups -OCH3 is 1. The lowest BCUT2D eigenvalue weighted by molar-refractivity contribution is -0.129. The van der Waals surface area contributed by atoms with Crippen LogP contribution in [0.5, 0.6) is 5.75 Å². The highest BCUT2D eigenvalue weighted by Crippen LogP contribution is 2.16. The summed E-state index contributed by atoms with van der Waals surface area (Å²) in [5.41, 5.74) is 1.62. The number of hydrogen-bond acceptors (Lipinski definition) is 3. The van der Waals surface area contributed by atoms with Crippen LogP contribution in [0, 0.1) is 0 Å². The minimum atomic E-state index is -0.164. The predicted molar refractivity (Wildman–Crippen MR) is 98.8 cm³/mol. The summed E-state index contributed by atoms with van der Waals surface area (Å²) in [5, 5.41) is 3.34. The molecule has 5 nitrogen and oxygen atoms in total. The zero-order valence-electron chi connectivity index (χ0n) is 14.3. The van der Waals surface area contributed by atoms with Crippen molar-refractivity contribution in [1.82, 2.24) is 4.90 Å². The van der Waals surface area contributed by atoms with E-state index in [1.54, 1.807) is 36.3 Å². The van der Waals surface area contributed by atoms with Gasteiger partial charge in [0, 0.05) is 37.1 Å². The van der Waals surface area contributed by atoms with E-state index in [0.717, 1.165) is 11.3 Å². The minimum absolute atomic E-state index is 0.0774. The van der Waals surface area contributed by atoms with Gasteiger partial charge in [0.05, 0.1) is 7.11 Å². The Labute approximate surface area is 152 Å². The van der Waals surface area contributed by atoms with Gasteiger partial charge in [-0.3, -0.25) is 9.59 Å². The molecule has 0 saturated heterocycles. The number of carbonyl (C=O) groups excluding carboxylic acids is 2. The molecule has 132 valence electrons. The topological polar surface area (TPSA) is 58.6 Å². The van der Waals surface area contributed by atoms with Gasteiger partial charge < -0.3 is 15.0 Å². The maximum Gasteiger partial charge on any atom is 0.226 e. The molecule has 2 aromatic rings. The van der Waals surface area contributed by atoms with E-state index in [1.807, 2.05) is 24.3 Å². The van der Waals surface area contributed by atoms with Gasteiger partial charge in [0.1, 0.15) is 5.75 Å². The van der Waals surface area contributed by atoms with Crippen molar-refractivity contribution in [2.24, 2.45) is 0 Å². The zero-order valence-corrected chi connectivity index (χ0v) is 15.0. The summed E-state index contributed by atoms with van der Waals surface area (Å²) < 4.78 is 5.12. The summed E-state index contributed by atoms with van der Waals surface area (Å²) in [7, 11) is 1.61. The highest BCUT2D eigenvalue weighted by molar-refractivity contribution is 6.30. The van der Waals surface area contributed by atoms with Crippen molar-refractivity contribution in [3.63, 3.8) is 0 Å². The summed E-state index contributed by atoms with van der Waals surface area (Å²) in [6, 6.07) is 14.5. The van der Waals surface area contributed by atoms with E-state index in [-0.39, 0.29) is 18.2 Å². The van der Waals surface area contributed by atoms with Gasteiger partial charge in [0.2, 0.25) is 11.8 Å². The first kappa shape index (κ1) is 18.8. The van der Waals surface area contributed by atoms with Crippen molar-refractivity contribution in [2.75, 3.05) is 19.0 Å². The van der Waals surface area contributed by atoms with E-state index in [2.05, 4.69) is 5.32 Å². The number of amides is 2. The molecule has 0 aromatic heterocycles. The summed E-state index contributed by atoms with van der Waals surface area (Å²) >= 11 is 5.90. The quantitative estimate of drug-likeness (QED) is 0.818. The number of nitrogens with one attached hydrogen (secondary N) is 1. The molecule has 0 radical (unpaired) electrons. The fraction of sp³-hybridized carbons (Fsp3) is 0.263. The van der Waals surface area contributed by atoms with Crippen molar-refractivity contribution >= 4 is 29.1 Å². The molecule has 0 aliphatic rings. The van der Waals surface area contributed by atoms with Crippen LogP contribution in [0.2, 0.25) is 5.02 Å². The lowest BCUT2D eigenvalue weighted by atomic mass is 10.2. The molecule has 0 fully saturated rings. The van der Waals surface area contributed by atoms with Gasteiger partial charge in [-0.15, -0.1) is 0 Å². The van der Waals surface area contributed by atoms with Crippen LogP contribution >= 0.6 is 11.6 Å². The van der Waals surface area contributed by atoms with Gasteiger partial charge in [-0.05, 0) is 35.9 Å². The molecule has 0 unspecified atom stereocenters. The fourth-order valence-corrected chi connectivity index (χ4v) is 2.52. The molecule has 25 heavy (non-hydrogen) atoms. The van der Waals surface area contributed by atoms with Gasteiger partial charge in [0.15, 0.2) is 0 Å². The number of rotatable bonds is 7. The van der Waals surface area contributed by atoms with Crippen LogP contribution in [0.1, 0.15) is 18.9 Å². The number of nitrogens with zero attached hydrogens (tertiary/aromatic N) is 1. The zero-order chi connectivity index (χ0) is 18.2. The molecular formula is C19H21ClN2O3. The van der Waals surface area contributed by atoms with Crippen molar-refractivity contribution in [3.05, 3.63) is 59.1 Å². The number of benzene rings is 2. The molecule has 0 aliphatic heterocycles. The second-order valence-corrected chi connectivity index (χ2v) is 6.03. The second kappa shape index (κ2) is 9.08. The summed E-state index contributed by atoms with van der Waals surface area (Å²) in [6.07, 6.45) is 0.211. The Kier molecular flexibility index (Phi) is 6.83. The molecule has 0 saturated carbocycles. The van der Waals surface area contributed by atoms with Crippen molar-refractivity contribution in [3.8, 4) is 5.75 Å². The Morgan fingerprint density at radius 2 is 1.88 bits per heavy atom. The van der Waals surface area contributed by atoms with E-state index in [0.29, 0.717) is 23.8 Å². The number of carbonyl (C=O) groups is 2. The average Bonchev–Trinajstić information content (AvgIpc) is 2.59. The summed E-state index contributed by atoms with van der Waals surface area (Å²) in [5.74, 6) is 0.522. The van der Waals surface area contributed by atoms with E-state index in [4.69, 9.17) is 16.3 Å². The Balaban J connectivity index is 1.90. The molecule has 2 amide bonds. The highest BCUT2D eigenvalue weighted by atomic mass is 35.5. The molecule has 0 aliphatic carbocycles. The first-order valence-electron chi connectivity index (χ1n) is 7.92. The molecule has 1 N–H and O–H groups in total. The van der Waals surface area contributed by atoms with Crippen LogP contribution in [0.4, 0.5) is 5.69 Å². The predicted octanol–water partition coefficient (Wildman–Crippen LogP) is 3.73. The van der Waals surface area contributed by atoms with Crippen LogP contribution in [0.25, 0.3) is 0 Å². The van der Waals surface area contributed by atoms with E-state index in [9.17, 15) is 9.59 Å². The highest BCUT2D eigenvalue weighted by Gasteiger charge is 2.12. The van der Waals surface area contributed by atoms with E-state index in [1.165, 1.54) is 6.92 Å². The Bertz CT molecular complexity index is 732. The van der Waals surface area contributed by atoms with Crippen LogP contribution < -0.4 is 10.1 Å². The van der Waals surface area contributed by atoms with Gasteiger partial charge in [-0.25, -0.2) is 0 Å². The fourth-order valence-electron chi connectivity index (χ4n) is 2.33. The molecule has 6 heteroatoms. The average molecular weight is 361 g/mol. The summed E-state index contributed by atoms with van der Waals surface area (Å²) in [6.45, 7) is 2.29. The molecule has 0 heterocycles. The Morgan fingerprint density at radius 3 is 2.48 bits per heavy atom. The summed E-state index contributed by atoms with van der Waals surface area (Å²) in [4.78, 5) is 25.6. The lowest BCUT2D eigenvalue weighted by Crippen LogP contribution is -2.31. The third-order valence-electron chi connectivity index (χ3n) is 3.69. The monoisotopic (exact) mass is 360 g/mol. The number of ether oxygens (including phenoxy) is 1. The van der Waals surface area contributed by atoms with E-state index < -0.39 is 0 Å². The van der Waals surface area contributed by atoms with Gasteiger partial charge in [-0.2, -0.15) is 0 Å². The third kappa shape index (κ3) is 6.12. The minimum Gasteiger partial charge on any atom is -0.497 e. The van der Waals surface area contributed by atoms with Crippen LogP contribution in [0.15, 0.2) is 48.5 Å². The molecule has 2 aromatic carbocycles. The largest absolute Gasteiger partial charge is 0.497 e. The molecular weight excluding hydrogens is 340 g/mol. The normalized spacial score (nSPS) is 10.2. The van der Waals surface area contributed by atoms with Crippen molar-refractivity contribution < 1.29 is 14.3 Å². The van der Waals surface area contributed by atoms with Gasteiger partial charge in [-0.1, -0.05) is 29.8 Å². The van der Waals surface area contributed by atoms with Crippen molar-refractivity contribution in [2.45, 2.75) is 19.9 Å². The molecule has 0 spiro atoms. The maximum absolute atomic E-state index is 12.1. The first-order valence-corrected chi connectivity index (χ1v) is 8.29. The van der Waals surface area contributed by atoms with E-state index >= 15 is 0 Å². The molecule has 0 atom stereocenters. The standard InChI is InChI=1S/C19H21ClN2O3/c1-14(23)22(13-15-6-8-18(25-2)9-7-15)11-10-19(24)21-17-5-3-4-16(20)12-17/h3-9,12H,10-11,13H2,1-2H3,(H,21,24). The van der Waals surface area contributed by atoms with Crippen LogP contribution in [0.3, 0.4) is 0 Å². The lowest BCUT2D eigenvalue weighted by Gasteiger charge is -2.21. The van der Waals surface area contributed by atoms with Crippen LogP contribution in [-0.2, 0) is 16.1 Å². The third-order valence-corrected chi connectivity index (χ3v) is 3.93. The number of hydrogen-bond donors (Lipinski definition) is 1. The second-order valence-electron chi connectivity index (χ2n) is 5.60. The van der Waals surface area contributed by atoms with Crippen LogP contribution in [-0.4, -0.2) is 30.4 Å². The molecule has 2 rings (SSSR count). The van der Waals surface area contributed by atoms with Gasteiger partial charge >= 0.3 is 0 Å². The van der Waals surface area contributed by atoms with Gasteiger partial charge in [0.25, 0.3) is 0 Å². The Hall–Kier alpha value is -2.53. The smallest absolute Gasteiger partial charge is 0.226 e. The molecule has 0 bridgehead atoms. The Morgan fingerprint density at radius 1 is 1.16 bits per heavy atom.